The van der Waals surface area contributed by atoms with E-state index < -0.39 is 0 Å². The van der Waals surface area contributed by atoms with Crippen LogP contribution in [-0.4, -0.2) is 30.6 Å². The lowest BCUT2D eigenvalue weighted by atomic mass is 10.1. The second-order valence-corrected chi connectivity index (χ2v) is 6.85. The Bertz CT molecular complexity index is 764. The van der Waals surface area contributed by atoms with E-state index in [4.69, 9.17) is 4.74 Å². The highest BCUT2D eigenvalue weighted by atomic mass is 127. The van der Waals surface area contributed by atoms with Crippen LogP contribution in [0, 0.1) is 13.8 Å². The number of nitrogens with one attached hydrogen (secondary N) is 2. The summed E-state index contributed by atoms with van der Waals surface area (Å²) < 4.78 is 6.09. The molecular formula is C22H33IN4O. The molecule has 0 saturated heterocycles. The van der Waals surface area contributed by atoms with E-state index in [2.05, 4.69) is 72.6 Å². The topological polar surface area (TPSA) is 58.5 Å². The van der Waals surface area contributed by atoms with Crippen molar-refractivity contribution in [3.8, 4) is 5.75 Å². The van der Waals surface area contributed by atoms with Crippen molar-refractivity contribution < 1.29 is 4.74 Å². The zero-order valence-corrected chi connectivity index (χ0v) is 19.9. The minimum absolute atomic E-state index is 0. The van der Waals surface area contributed by atoms with Gasteiger partial charge in [0.1, 0.15) is 5.75 Å². The maximum atomic E-state index is 6.09. The zero-order valence-electron chi connectivity index (χ0n) is 17.6. The van der Waals surface area contributed by atoms with E-state index in [1.807, 2.05) is 12.4 Å². The standard InChI is InChI=1S/C22H32N4O.HI/c1-6-18(4)27-21-13-16(2)7-8-20(21)15-26-22(23-5)25-12-10-19-9-11-24-14-17(19)3;/h7-9,11,13-14,18H,6,10,12,15H2,1-5H3,(H2,23,25,26);1H. The number of guanidine groups is 1. The van der Waals surface area contributed by atoms with Gasteiger partial charge >= 0.3 is 0 Å². The number of rotatable bonds is 8. The van der Waals surface area contributed by atoms with Crippen LogP contribution in [0.25, 0.3) is 0 Å². The summed E-state index contributed by atoms with van der Waals surface area (Å²) >= 11 is 0. The van der Waals surface area contributed by atoms with Gasteiger partial charge in [0.2, 0.25) is 0 Å². The van der Waals surface area contributed by atoms with Crippen LogP contribution in [0.15, 0.2) is 41.7 Å². The summed E-state index contributed by atoms with van der Waals surface area (Å²) in [5.41, 5.74) is 4.85. The number of aliphatic imine (C=N–C) groups is 1. The van der Waals surface area contributed by atoms with Gasteiger partial charge in [-0.05, 0) is 62.4 Å². The third kappa shape index (κ3) is 7.66. The molecule has 5 nitrogen and oxygen atoms in total. The molecular weight excluding hydrogens is 463 g/mol. The molecule has 2 aromatic rings. The van der Waals surface area contributed by atoms with Gasteiger partial charge in [0.25, 0.3) is 0 Å². The molecule has 0 aliphatic rings. The number of aromatic nitrogens is 1. The first kappa shape index (κ1) is 24.2. The molecule has 0 radical (unpaired) electrons. The Morgan fingerprint density at radius 1 is 1.18 bits per heavy atom. The molecule has 0 fully saturated rings. The Labute approximate surface area is 186 Å². The zero-order chi connectivity index (χ0) is 19.6. The van der Waals surface area contributed by atoms with Crippen molar-refractivity contribution in [2.45, 2.75) is 53.2 Å². The molecule has 1 heterocycles. The van der Waals surface area contributed by atoms with E-state index in [-0.39, 0.29) is 30.1 Å². The van der Waals surface area contributed by atoms with Gasteiger partial charge in [-0.15, -0.1) is 24.0 Å². The summed E-state index contributed by atoms with van der Waals surface area (Å²) in [6.07, 6.45) is 5.86. The summed E-state index contributed by atoms with van der Waals surface area (Å²) in [4.78, 5) is 8.46. The fourth-order valence-corrected chi connectivity index (χ4v) is 2.72. The molecule has 0 aliphatic heterocycles. The summed E-state index contributed by atoms with van der Waals surface area (Å²) in [5, 5.41) is 6.76. The lowest BCUT2D eigenvalue weighted by molar-refractivity contribution is 0.215. The van der Waals surface area contributed by atoms with Gasteiger partial charge in [-0.2, -0.15) is 0 Å². The fraction of sp³-hybridized carbons (Fsp3) is 0.455. The lowest BCUT2D eigenvalue weighted by Crippen LogP contribution is -2.38. The predicted molar refractivity (Wildman–Crippen MR) is 128 cm³/mol. The molecule has 1 unspecified atom stereocenters. The van der Waals surface area contributed by atoms with E-state index in [0.717, 1.165) is 36.7 Å². The number of hydrogen-bond donors (Lipinski definition) is 2. The molecule has 1 aromatic heterocycles. The third-order valence-corrected chi connectivity index (χ3v) is 4.62. The second-order valence-electron chi connectivity index (χ2n) is 6.85. The van der Waals surface area contributed by atoms with Crippen molar-refractivity contribution in [3.05, 3.63) is 58.9 Å². The highest BCUT2D eigenvalue weighted by Crippen LogP contribution is 2.22. The van der Waals surface area contributed by atoms with Crippen molar-refractivity contribution in [2.75, 3.05) is 13.6 Å². The Morgan fingerprint density at radius 2 is 1.96 bits per heavy atom. The van der Waals surface area contributed by atoms with Gasteiger partial charge in [-0.1, -0.05) is 19.1 Å². The summed E-state index contributed by atoms with van der Waals surface area (Å²) in [6, 6.07) is 8.40. The Morgan fingerprint density at radius 3 is 2.64 bits per heavy atom. The van der Waals surface area contributed by atoms with Crippen LogP contribution in [0.4, 0.5) is 0 Å². The Hall–Kier alpha value is -1.83. The minimum Gasteiger partial charge on any atom is -0.490 e. The number of halogens is 1. The van der Waals surface area contributed by atoms with E-state index in [1.54, 1.807) is 7.05 Å². The largest absolute Gasteiger partial charge is 0.490 e. The second kappa shape index (κ2) is 12.6. The molecule has 0 bridgehead atoms. The lowest BCUT2D eigenvalue weighted by Gasteiger charge is -2.18. The van der Waals surface area contributed by atoms with Crippen LogP contribution in [0.5, 0.6) is 5.75 Å². The minimum atomic E-state index is 0. The molecule has 0 spiro atoms. The van der Waals surface area contributed by atoms with Crippen molar-refractivity contribution in [3.63, 3.8) is 0 Å². The Kier molecular flexibility index (Phi) is 10.9. The van der Waals surface area contributed by atoms with Gasteiger partial charge in [0.05, 0.1) is 6.10 Å². The van der Waals surface area contributed by atoms with Gasteiger partial charge in [-0.25, -0.2) is 0 Å². The molecule has 0 saturated carbocycles. The van der Waals surface area contributed by atoms with Crippen LogP contribution < -0.4 is 15.4 Å². The average Bonchev–Trinajstić information content (AvgIpc) is 2.67. The molecule has 28 heavy (non-hydrogen) atoms. The SMILES string of the molecule is CCC(C)Oc1cc(C)ccc1CNC(=NC)NCCc1ccncc1C.I. The maximum absolute atomic E-state index is 6.09. The highest BCUT2D eigenvalue weighted by molar-refractivity contribution is 14.0. The quantitative estimate of drug-likeness (QED) is 0.323. The normalized spacial score (nSPS) is 12.1. The molecule has 2 rings (SSSR count). The van der Waals surface area contributed by atoms with Crippen molar-refractivity contribution in [2.24, 2.45) is 4.99 Å². The van der Waals surface area contributed by atoms with E-state index in [9.17, 15) is 0 Å². The monoisotopic (exact) mass is 496 g/mol. The first-order valence-electron chi connectivity index (χ1n) is 9.63. The molecule has 0 amide bonds. The van der Waals surface area contributed by atoms with Crippen LogP contribution in [0.2, 0.25) is 0 Å². The summed E-state index contributed by atoms with van der Waals surface area (Å²) in [5.74, 6) is 1.73. The molecule has 1 aromatic carbocycles. The average molecular weight is 496 g/mol. The number of benzene rings is 1. The fourth-order valence-electron chi connectivity index (χ4n) is 2.72. The van der Waals surface area contributed by atoms with Gasteiger partial charge in [-0.3, -0.25) is 9.98 Å². The van der Waals surface area contributed by atoms with Gasteiger partial charge < -0.3 is 15.4 Å². The highest BCUT2D eigenvalue weighted by Gasteiger charge is 2.09. The smallest absolute Gasteiger partial charge is 0.191 e. The Balaban J connectivity index is 0.00000392. The van der Waals surface area contributed by atoms with Crippen molar-refractivity contribution >= 4 is 29.9 Å². The number of hydrogen-bond acceptors (Lipinski definition) is 3. The number of ether oxygens (including phenoxy) is 1. The third-order valence-electron chi connectivity index (χ3n) is 4.62. The van der Waals surface area contributed by atoms with E-state index in [1.165, 1.54) is 16.7 Å². The van der Waals surface area contributed by atoms with Crippen molar-refractivity contribution in [1.29, 1.82) is 0 Å². The first-order chi connectivity index (χ1) is 13.0. The summed E-state index contributed by atoms with van der Waals surface area (Å²) in [7, 11) is 1.79. The number of nitrogens with zero attached hydrogens (tertiary/aromatic N) is 2. The molecule has 1 atom stereocenters. The van der Waals surface area contributed by atoms with Crippen LogP contribution in [-0.2, 0) is 13.0 Å². The van der Waals surface area contributed by atoms with Crippen LogP contribution in [0.1, 0.15) is 42.5 Å². The van der Waals surface area contributed by atoms with E-state index in [0.29, 0.717) is 6.54 Å². The first-order valence-corrected chi connectivity index (χ1v) is 9.63. The van der Waals surface area contributed by atoms with Gasteiger partial charge in [0, 0.05) is 38.1 Å². The van der Waals surface area contributed by atoms with Gasteiger partial charge in [0.15, 0.2) is 5.96 Å². The molecule has 0 aliphatic carbocycles. The van der Waals surface area contributed by atoms with Crippen molar-refractivity contribution in [1.82, 2.24) is 15.6 Å². The molecule has 6 heteroatoms. The number of pyridine rings is 1. The maximum Gasteiger partial charge on any atom is 0.191 e. The molecule has 2 N–H and O–H groups in total. The van der Waals surface area contributed by atoms with E-state index >= 15 is 0 Å². The molecule has 154 valence electrons. The summed E-state index contributed by atoms with van der Waals surface area (Å²) in [6.45, 7) is 9.89. The number of aryl methyl sites for hydroxylation is 2. The predicted octanol–water partition coefficient (Wildman–Crippen LogP) is 4.40. The van der Waals surface area contributed by atoms with Crippen LogP contribution >= 0.6 is 24.0 Å². The van der Waals surface area contributed by atoms with Crippen LogP contribution in [0.3, 0.4) is 0 Å².